The number of nitrogen functional groups attached to an aromatic ring is 1. The fourth-order valence-corrected chi connectivity index (χ4v) is 2.02. The van der Waals surface area contributed by atoms with E-state index in [0.29, 0.717) is 10.8 Å². The molecule has 17 heavy (non-hydrogen) atoms. The fraction of sp³-hybridized carbons (Fsp3) is 0. The average Bonchev–Trinajstić information content (AvgIpc) is 2.76. The van der Waals surface area contributed by atoms with Crippen LogP contribution in [-0.2, 0) is 0 Å². The minimum absolute atomic E-state index is 0.495. The quantitative estimate of drug-likeness (QED) is 0.692. The lowest BCUT2D eigenvalue weighted by atomic mass is 10.1. The van der Waals surface area contributed by atoms with Crippen molar-refractivity contribution in [2.45, 2.75) is 0 Å². The van der Waals surface area contributed by atoms with Gasteiger partial charge in [-0.1, -0.05) is 11.6 Å². The van der Waals surface area contributed by atoms with E-state index in [-0.39, 0.29) is 0 Å². The van der Waals surface area contributed by atoms with E-state index < -0.39 is 0 Å². The van der Waals surface area contributed by atoms with E-state index in [1.54, 1.807) is 18.5 Å². The summed E-state index contributed by atoms with van der Waals surface area (Å²) in [5, 5.41) is 8.53. The van der Waals surface area contributed by atoms with Gasteiger partial charge in [0.25, 0.3) is 0 Å². The third-order valence-electron chi connectivity index (χ3n) is 2.63. The van der Waals surface area contributed by atoms with Crippen LogP contribution in [0.5, 0.6) is 0 Å². The number of rotatable bonds is 1. The van der Waals surface area contributed by atoms with Gasteiger partial charge in [-0.15, -0.1) is 0 Å². The highest BCUT2D eigenvalue weighted by Crippen LogP contribution is 2.31. The van der Waals surface area contributed by atoms with Gasteiger partial charge < -0.3 is 5.73 Å². The number of benzene rings is 1. The number of halogens is 1. The number of nitrogens with one attached hydrogen (secondary N) is 1. The summed E-state index contributed by atoms with van der Waals surface area (Å²) in [5.74, 6) is 0.495. The van der Waals surface area contributed by atoms with Gasteiger partial charge in [0.05, 0.1) is 16.7 Å². The number of pyridine rings is 1. The SMILES string of the molecule is Nc1ccc(-c2cc3cn[nH]c3cc2Cl)cn1. The van der Waals surface area contributed by atoms with Gasteiger partial charge >= 0.3 is 0 Å². The molecule has 0 saturated carbocycles. The van der Waals surface area contributed by atoms with Crippen LogP contribution in [0, 0.1) is 0 Å². The first-order valence-electron chi connectivity index (χ1n) is 5.08. The smallest absolute Gasteiger partial charge is 0.123 e. The summed E-state index contributed by atoms with van der Waals surface area (Å²) in [5.41, 5.74) is 8.34. The zero-order valence-electron chi connectivity index (χ0n) is 8.81. The first-order chi connectivity index (χ1) is 8.24. The predicted molar refractivity (Wildman–Crippen MR) is 68.7 cm³/mol. The van der Waals surface area contributed by atoms with Crippen LogP contribution >= 0.6 is 11.6 Å². The topological polar surface area (TPSA) is 67.6 Å². The Balaban J connectivity index is 2.21. The van der Waals surface area contributed by atoms with Crippen molar-refractivity contribution < 1.29 is 0 Å². The zero-order valence-corrected chi connectivity index (χ0v) is 9.57. The Hall–Kier alpha value is -2.07. The number of fused-ring (bicyclic) bond motifs is 1. The number of aromatic amines is 1. The van der Waals surface area contributed by atoms with Gasteiger partial charge in [0.1, 0.15) is 5.82 Å². The first-order valence-corrected chi connectivity index (χ1v) is 5.46. The van der Waals surface area contributed by atoms with Crippen molar-refractivity contribution in [3.63, 3.8) is 0 Å². The second-order valence-electron chi connectivity index (χ2n) is 3.76. The molecule has 0 bridgehead atoms. The van der Waals surface area contributed by atoms with Crippen LogP contribution < -0.4 is 5.73 Å². The molecule has 1 aromatic carbocycles. The molecule has 3 N–H and O–H groups in total. The van der Waals surface area contributed by atoms with Crippen molar-refractivity contribution >= 4 is 28.3 Å². The molecule has 0 saturated heterocycles. The van der Waals surface area contributed by atoms with Crippen LogP contribution in [0.1, 0.15) is 0 Å². The molecule has 0 aliphatic heterocycles. The molecule has 0 spiro atoms. The van der Waals surface area contributed by atoms with Crippen molar-refractivity contribution in [3.05, 3.63) is 41.7 Å². The Kier molecular flexibility index (Phi) is 2.23. The maximum atomic E-state index is 6.23. The number of hydrogen-bond donors (Lipinski definition) is 2. The number of aromatic nitrogens is 3. The number of nitrogens with zero attached hydrogens (tertiary/aromatic N) is 2. The molecule has 0 fully saturated rings. The molecule has 0 radical (unpaired) electrons. The number of H-pyrrole nitrogens is 1. The molecule has 2 heterocycles. The van der Waals surface area contributed by atoms with E-state index >= 15 is 0 Å². The molecular formula is C12H9ClN4. The second kappa shape index (κ2) is 3.75. The summed E-state index contributed by atoms with van der Waals surface area (Å²) < 4.78 is 0. The van der Waals surface area contributed by atoms with Crippen LogP contribution in [0.4, 0.5) is 5.82 Å². The summed E-state index contributed by atoms with van der Waals surface area (Å²) >= 11 is 6.23. The van der Waals surface area contributed by atoms with Gasteiger partial charge in [-0.2, -0.15) is 5.10 Å². The highest BCUT2D eigenvalue weighted by atomic mass is 35.5. The van der Waals surface area contributed by atoms with Gasteiger partial charge in [0, 0.05) is 22.7 Å². The third kappa shape index (κ3) is 1.72. The van der Waals surface area contributed by atoms with Crippen LogP contribution in [0.2, 0.25) is 5.02 Å². The normalized spacial score (nSPS) is 10.9. The predicted octanol–water partition coefficient (Wildman–Crippen LogP) is 2.86. The Labute approximate surface area is 102 Å². The molecule has 3 rings (SSSR count). The average molecular weight is 245 g/mol. The molecule has 84 valence electrons. The summed E-state index contributed by atoms with van der Waals surface area (Å²) in [6, 6.07) is 7.49. The third-order valence-corrected chi connectivity index (χ3v) is 2.94. The second-order valence-corrected chi connectivity index (χ2v) is 4.17. The molecule has 0 aliphatic rings. The van der Waals surface area contributed by atoms with Crippen molar-refractivity contribution in [2.24, 2.45) is 0 Å². The van der Waals surface area contributed by atoms with Gasteiger partial charge in [0.2, 0.25) is 0 Å². The summed E-state index contributed by atoms with van der Waals surface area (Å²) in [7, 11) is 0. The van der Waals surface area contributed by atoms with E-state index in [0.717, 1.165) is 22.0 Å². The molecule has 3 aromatic rings. The number of hydrogen-bond acceptors (Lipinski definition) is 3. The van der Waals surface area contributed by atoms with Crippen LogP contribution in [0.15, 0.2) is 36.7 Å². The largest absolute Gasteiger partial charge is 0.384 e. The Morgan fingerprint density at radius 2 is 2.06 bits per heavy atom. The van der Waals surface area contributed by atoms with Crippen LogP contribution in [0.25, 0.3) is 22.0 Å². The molecule has 2 aromatic heterocycles. The minimum atomic E-state index is 0.495. The van der Waals surface area contributed by atoms with Crippen LogP contribution in [-0.4, -0.2) is 15.2 Å². The number of anilines is 1. The monoisotopic (exact) mass is 244 g/mol. The van der Waals surface area contributed by atoms with E-state index in [1.807, 2.05) is 18.2 Å². The lowest BCUT2D eigenvalue weighted by Gasteiger charge is -2.04. The van der Waals surface area contributed by atoms with Crippen molar-refractivity contribution in [1.82, 2.24) is 15.2 Å². The lowest BCUT2D eigenvalue weighted by Crippen LogP contribution is -1.89. The Morgan fingerprint density at radius 1 is 1.18 bits per heavy atom. The first kappa shape index (κ1) is 10.1. The standard InChI is InChI=1S/C12H9ClN4/c13-10-4-11-8(6-16-17-11)3-9(10)7-1-2-12(14)15-5-7/h1-6H,(H2,14,15)(H,16,17). The molecule has 0 aliphatic carbocycles. The molecular weight excluding hydrogens is 236 g/mol. The lowest BCUT2D eigenvalue weighted by molar-refractivity contribution is 1.12. The van der Waals surface area contributed by atoms with E-state index in [1.165, 1.54) is 0 Å². The Morgan fingerprint density at radius 3 is 2.82 bits per heavy atom. The maximum absolute atomic E-state index is 6.23. The Bertz CT molecular complexity index is 673. The molecule has 0 unspecified atom stereocenters. The van der Waals surface area contributed by atoms with Gasteiger partial charge in [-0.3, -0.25) is 5.10 Å². The van der Waals surface area contributed by atoms with Crippen molar-refractivity contribution in [1.29, 1.82) is 0 Å². The summed E-state index contributed by atoms with van der Waals surface area (Å²) in [6.07, 6.45) is 3.47. The van der Waals surface area contributed by atoms with Gasteiger partial charge in [-0.25, -0.2) is 4.98 Å². The van der Waals surface area contributed by atoms with Crippen molar-refractivity contribution in [3.8, 4) is 11.1 Å². The van der Waals surface area contributed by atoms with Gasteiger partial charge in [0.15, 0.2) is 0 Å². The van der Waals surface area contributed by atoms with E-state index in [4.69, 9.17) is 17.3 Å². The van der Waals surface area contributed by atoms with Crippen LogP contribution in [0.3, 0.4) is 0 Å². The summed E-state index contributed by atoms with van der Waals surface area (Å²) in [4.78, 5) is 4.06. The fourth-order valence-electron chi connectivity index (χ4n) is 1.75. The molecule has 0 amide bonds. The minimum Gasteiger partial charge on any atom is -0.384 e. The summed E-state index contributed by atoms with van der Waals surface area (Å²) in [6.45, 7) is 0. The highest BCUT2D eigenvalue weighted by Gasteiger charge is 2.07. The highest BCUT2D eigenvalue weighted by molar-refractivity contribution is 6.34. The van der Waals surface area contributed by atoms with E-state index in [9.17, 15) is 0 Å². The zero-order chi connectivity index (χ0) is 11.8. The molecule has 0 atom stereocenters. The molecule has 5 heteroatoms. The van der Waals surface area contributed by atoms with Crippen molar-refractivity contribution in [2.75, 3.05) is 5.73 Å². The molecule has 4 nitrogen and oxygen atoms in total. The maximum Gasteiger partial charge on any atom is 0.123 e. The van der Waals surface area contributed by atoms with Gasteiger partial charge in [-0.05, 0) is 24.3 Å². The van der Waals surface area contributed by atoms with E-state index in [2.05, 4.69) is 15.2 Å². The number of nitrogens with two attached hydrogens (primary N) is 1.